The zero-order valence-corrected chi connectivity index (χ0v) is 47.3. The van der Waals surface area contributed by atoms with E-state index in [0.29, 0.717) is 35.6 Å². The number of carboxylic acids is 4. The van der Waals surface area contributed by atoms with Crippen molar-refractivity contribution in [3.63, 3.8) is 0 Å². The first-order chi connectivity index (χ1) is 39.3. The summed E-state index contributed by atoms with van der Waals surface area (Å²) in [6.45, 7) is -0.0562. The minimum atomic E-state index is -4.66. The van der Waals surface area contributed by atoms with Gasteiger partial charge in [-0.25, -0.2) is 26.5 Å². The molecule has 83 heavy (non-hydrogen) atoms. The summed E-state index contributed by atoms with van der Waals surface area (Å²) in [6, 6.07) is 12.7. The molecule has 1 aliphatic rings. The van der Waals surface area contributed by atoms with Crippen LogP contribution in [0.15, 0.2) is 95.1 Å². The second kappa shape index (κ2) is 30.2. The molecule has 1 fully saturated rings. The molecule has 3 heterocycles. The average Bonchev–Trinajstić information content (AvgIpc) is 4.32. The van der Waals surface area contributed by atoms with Crippen molar-refractivity contribution in [3.05, 3.63) is 90.9 Å². The van der Waals surface area contributed by atoms with E-state index in [4.69, 9.17) is 0 Å². The Hall–Kier alpha value is -7.47. The lowest BCUT2D eigenvalue weighted by molar-refractivity contribution is -0.140. The lowest BCUT2D eigenvalue weighted by Crippen LogP contribution is -2.51. The normalized spacial score (nSPS) is 15.6. The van der Waals surface area contributed by atoms with E-state index in [1.807, 2.05) is 0 Å². The molecule has 3 aromatic carbocycles. The summed E-state index contributed by atoms with van der Waals surface area (Å²) in [7, 11) is -13.3. The Bertz CT molecular complexity index is 3340. The third-order valence-electron chi connectivity index (χ3n) is 13.1. The Morgan fingerprint density at radius 2 is 1.18 bits per heavy atom. The number of sulfonamides is 2. The van der Waals surface area contributed by atoms with Crippen molar-refractivity contribution in [2.75, 3.05) is 109 Å². The van der Waals surface area contributed by atoms with Crippen LogP contribution in [0.3, 0.4) is 0 Å². The largest absolute Gasteiger partial charge is 0.480 e. The molecule has 33 heteroatoms. The van der Waals surface area contributed by atoms with Crippen molar-refractivity contribution in [1.29, 1.82) is 0 Å². The zero-order chi connectivity index (χ0) is 60.3. The summed E-state index contributed by atoms with van der Waals surface area (Å²) in [4.78, 5) is 86.5. The molecule has 0 spiro atoms. The molecule has 2 amide bonds. The number of amides is 2. The molecule has 1 aliphatic heterocycles. The highest BCUT2D eigenvalue weighted by Gasteiger charge is 2.28. The van der Waals surface area contributed by atoms with Crippen LogP contribution in [-0.2, 0) is 60.7 Å². The highest BCUT2D eigenvalue weighted by atomic mass is 32.2. The van der Waals surface area contributed by atoms with Gasteiger partial charge in [0, 0.05) is 108 Å². The van der Waals surface area contributed by atoms with Gasteiger partial charge in [0.15, 0.2) is 5.95 Å². The molecule has 30 nitrogen and oxygen atoms in total. The number of nitrogens with one attached hydrogen (secondary N) is 6. The van der Waals surface area contributed by atoms with Crippen molar-refractivity contribution in [1.82, 2.24) is 59.4 Å². The van der Waals surface area contributed by atoms with E-state index in [-0.39, 0.29) is 100 Å². The van der Waals surface area contributed by atoms with Gasteiger partial charge in [-0.05, 0) is 72.9 Å². The number of aromatic nitrogens is 4. The van der Waals surface area contributed by atoms with Gasteiger partial charge in [0.1, 0.15) is 6.04 Å². The third-order valence-corrected chi connectivity index (χ3v) is 16.9. The molecule has 0 saturated carbocycles. The maximum Gasteiger partial charge on any atom is 0.323 e. The number of benzene rings is 3. The topological polar surface area (TPSA) is 426 Å². The van der Waals surface area contributed by atoms with Gasteiger partial charge in [0.2, 0.25) is 26.0 Å². The monoisotopic (exact) mass is 1220 g/mol. The Labute approximate surface area is 478 Å². The van der Waals surface area contributed by atoms with Crippen LogP contribution in [0.5, 0.6) is 0 Å². The number of fused-ring (bicyclic) bond motifs is 1. The fraction of sp³-hybridized carbons (Fsp3) is 0.440. The smallest absolute Gasteiger partial charge is 0.323 e. The third kappa shape index (κ3) is 21.3. The minimum absolute atomic E-state index is 0.0147. The number of aryl methyl sites for hydroxylation is 1. The fourth-order valence-electron chi connectivity index (χ4n) is 8.94. The number of rotatable bonds is 30. The van der Waals surface area contributed by atoms with Crippen molar-refractivity contribution in [3.8, 4) is 11.1 Å². The van der Waals surface area contributed by atoms with Crippen LogP contribution in [0.1, 0.15) is 29.6 Å². The molecule has 1 saturated heterocycles. The molecule has 452 valence electrons. The first kappa shape index (κ1) is 64.7. The summed E-state index contributed by atoms with van der Waals surface area (Å²) in [6.07, 6.45) is 5.54. The van der Waals surface area contributed by atoms with Gasteiger partial charge in [-0.3, -0.25) is 57.6 Å². The van der Waals surface area contributed by atoms with Crippen molar-refractivity contribution < 1.29 is 79.0 Å². The SMILES string of the molecule is O=C(O)CN1CCN(CC(=O)O)CCN(CC(=O)N[C@H](CCCNS(=O)(=O)c2ccc(-c3ccc(S(=O)(=O)N[C@@H](CNC(=O)c4ccc5c(cnn5CCCNc5ncc[nH]5)c4)C(=O)O)cc3)cc2)CS(=O)(=O)O)CCN(CC(=O)O)CC1. The summed E-state index contributed by atoms with van der Waals surface area (Å²) in [5.74, 6) is -6.54. The van der Waals surface area contributed by atoms with E-state index < -0.39 is 103 Å². The molecule has 0 radical (unpaired) electrons. The van der Waals surface area contributed by atoms with E-state index in [1.54, 1.807) is 61.1 Å². The molecule has 0 unspecified atom stereocenters. The van der Waals surface area contributed by atoms with Crippen LogP contribution in [0, 0.1) is 0 Å². The van der Waals surface area contributed by atoms with E-state index in [1.165, 1.54) is 48.5 Å². The van der Waals surface area contributed by atoms with Crippen LogP contribution >= 0.6 is 0 Å². The molecule has 6 rings (SSSR count). The molecule has 2 aromatic heterocycles. The van der Waals surface area contributed by atoms with Gasteiger partial charge in [-0.15, -0.1) is 0 Å². The second-order valence-electron chi connectivity index (χ2n) is 19.5. The molecular weight excluding hydrogens is 1150 g/mol. The number of hydrogen-bond donors (Lipinski definition) is 11. The number of imidazole rings is 1. The maximum absolute atomic E-state index is 13.4. The van der Waals surface area contributed by atoms with Gasteiger partial charge in [-0.2, -0.15) is 18.2 Å². The van der Waals surface area contributed by atoms with Crippen molar-refractivity contribution in [2.45, 2.75) is 47.7 Å². The molecule has 0 aliphatic carbocycles. The predicted octanol–water partition coefficient (Wildman–Crippen LogP) is -1.00. The fourth-order valence-corrected chi connectivity index (χ4v) is 12.0. The molecule has 5 aromatic rings. The highest BCUT2D eigenvalue weighted by molar-refractivity contribution is 7.89. The van der Waals surface area contributed by atoms with Crippen LogP contribution in [0.4, 0.5) is 5.95 Å². The van der Waals surface area contributed by atoms with Gasteiger partial charge in [0.05, 0.1) is 53.4 Å². The zero-order valence-electron chi connectivity index (χ0n) is 44.9. The van der Waals surface area contributed by atoms with E-state index in [2.05, 4.69) is 40.5 Å². The first-order valence-electron chi connectivity index (χ1n) is 26.0. The first-order valence-corrected chi connectivity index (χ1v) is 30.6. The van der Waals surface area contributed by atoms with Gasteiger partial charge in [-0.1, -0.05) is 24.3 Å². The van der Waals surface area contributed by atoms with Crippen LogP contribution in [0.25, 0.3) is 22.0 Å². The Kier molecular flexibility index (Phi) is 23.5. The minimum Gasteiger partial charge on any atom is -0.480 e. The number of H-pyrrole nitrogens is 1. The molecule has 0 bridgehead atoms. The summed E-state index contributed by atoms with van der Waals surface area (Å²) < 4.78 is 93.4. The summed E-state index contributed by atoms with van der Waals surface area (Å²) in [5, 5.41) is 51.6. The Morgan fingerprint density at radius 3 is 1.67 bits per heavy atom. The summed E-state index contributed by atoms with van der Waals surface area (Å²) >= 11 is 0. The quantitative estimate of drug-likeness (QED) is 0.0194. The Balaban J connectivity index is 0.985. The van der Waals surface area contributed by atoms with E-state index in [0.717, 1.165) is 11.9 Å². The van der Waals surface area contributed by atoms with Gasteiger partial charge >= 0.3 is 23.9 Å². The number of carbonyl (C=O) groups is 6. The van der Waals surface area contributed by atoms with Gasteiger partial charge < -0.3 is 41.4 Å². The van der Waals surface area contributed by atoms with Crippen molar-refractivity contribution in [2.24, 2.45) is 0 Å². The number of carbonyl (C=O) groups excluding carboxylic acids is 2. The number of anilines is 1. The number of nitrogens with zero attached hydrogens (tertiary/aromatic N) is 7. The highest BCUT2D eigenvalue weighted by Crippen LogP contribution is 2.24. The summed E-state index contributed by atoms with van der Waals surface area (Å²) in [5.41, 5.74) is 1.92. The lowest BCUT2D eigenvalue weighted by Gasteiger charge is -2.33. The molecule has 11 N–H and O–H groups in total. The number of aliphatic carboxylic acids is 4. The van der Waals surface area contributed by atoms with Crippen LogP contribution < -0.4 is 25.4 Å². The van der Waals surface area contributed by atoms with Gasteiger partial charge in [0.25, 0.3) is 16.0 Å². The van der Waals surface area contributed by atoms with E-state index in [9.17, 15) is 79.0 Å². The number of carboxylic acid groups (broad SMARTS) is 4. The number of hydrogen-bond acceptors (Lipinski definition) is 19. The molecular formula is C50H67N13O17S3. The maximum atomic E-state index is 13.4. The average molecular weight is 1220 g/mol. The Morgan fingerprint density at radius 1 is 0.651 bits per heavy atom. The number of aromatic amines is 1. The van der Waals surface area contributed by atoms with E-state index >= 15 is 0 Å². The molecule has 2 atom stereocenters. The van der Waals surface area contributed by atoms with Crippen LogP contribution in [-0.4, -0.2) is 241 Å². The lowest BCUT2D eigenvalue weighted by atomic mass is 10.1. The second-order valence-corrected chi connectivity index (χ2v) is 24.4. The predicted molar refractivity (Wildman–Crippen MR) is 299 cm³/mol. The van der Waals surface area contributed by atoms with Crippen LogP contribution in [0.2, 0.25) is 0 Å². The standard InChI is InChI=1S/C50H67N13O17S3/c64-44(30-59-19-21-60(31-45(65)66)23-25-62(33-47(69)70)26-24-61(22-20-59)32-46(67)68)57-39(34-81(74,75)76)3-1-15-56-82(77,78)40-9-4-35(5-10-40)36-6-11-41(12-7-36)83(79,80)58-42(49(72)73)29-54-48(71)37-8-13-43-38(27-37)28-55-63(43)18-2-14-51-50-52-16-17-53-50/h4-13,16-17,27-28,39,42,56,58H,1-3,14-15,18-26,29-34H2,(H,54,71)(H,57,64)(H,65,66)(H,67,68)(H,69,70)(H,72,73)(H2,51,52,53)(H,74,75,76)/t39-,42+/m1/s1. The van der Waals surface area contributed by atoms with Crippen molar-refractivity contribution >= 4 is 82.7 Å².